The van der Waals surface area contributed by atoms with E-state index in [1.54, 1.807) is 0 Å². The lowest BCUT2D eigenvalue weighted by molar-refractivity contribution is -0.114. The highest BCUT2D eigenvalue weighted by atomic mass is 16.1. The first-order valence-corrected chi connectivity index (χ1v) is 4.31. The van der Waals surface area contributed by atoms with E-state index in [2.05, 4.69) is 19.7 Å². The number of carbonyl (C=O) groups is 1. The average Bonchev–Trinajstić information content (AvgIpc) is 2.21. The molecule has 0 aliphatic rings. The monoisotopic (exact) mass is 190 g/mol. The molecule has 0 radical (unpaired) electrons. The lowest BCUT2D eigenvalue weighted by Gasteiger charge is -1.85. The summed E-state index contributed by atoms with van der Waals surface area (Å²) in [5.74, 6) is 0.167. The number of hydrogen-bond donors (Lipinski definition) is 0. The molecule has 0 N–H and O–H groups in total. The second kappa shape index (κ2) is 11.4. The molecule has 0 saturated heterocycles. The maximum Gasteiger partial charge on any atom is 0.126 e. The molecular formula is C13H18O. The van der Waals surface area contributed by atoms with Crippen LogP contribution in [0.2, 0.25) is 0 Å². The van der Waals surface area contributed by atoms with Crippen LogP contribution in [0.4, 0.5) is 0 Å². The lowest BCUT2D eigenvalue weighted by atomic mass is 10.2. The van der Waals surface area contributed by atoms with Crippen molar-refractivity contribution in [3.05, 3.63) is 55.6 Å². The molecule has 1 aromatic rings. The van der Waals surface area contributed by atoms with Crippen LogP contribution in [0.1, 0.15) is 19.4 Å². The summed E-state index contributed by atoms with van der Waals surface area (Å²) < 4.78 is 0. The van der Waals surface area contributed by atoms with Crippen molar-refractivity contribution in [1.29, 1.82) is 0 Å². The van der Waals surface area contributed by atoms with Gasteiger partial charge in [0.15, 0.2) is 0 Å². The molecule has 1 rings (SSSR count). The minimum atomic E-state index is 0.167. The second-order valence-electron chi connectivity index (χ2n) is 2.52. The lowest BCUT2D eigenvalue weighted by Crippen LogP contribution is -1.69. The highest BCUT2D eigenvalue weighted by Crippen LogP contribution is 1.97. The van der Waals surface area contributed by atoms with E-state index in [0.29, 0.717) is 0 Å². The van der Waals surface area contributed by atoms with Gasteiger partial charge in [-0.1, -0.05) is 43.0 Å². The van der Waals surface area contributed by atoms with Crippen LogP contribution in [0.5, 0.6) is 0 Å². The Bertz CT molecular complexity index is 245. The predicted molar refractivity (Wildman–Crippen MR) is 64.1 cm³/mol. The Morgan fingerprint density at radius 2 is 1.50 bits per heavy atom. The van der Waals surface area contributed by atoms with Crippen molar-refractivity contribution in [2.75, 3.05) is 0 Å². The molecule has 76 valence electrons. The zero-order valence-corrected chi connectivity index (χ0v) is 8.99. The normalized spacial score (nSPS) is 7.00. The Morgan fingerprint density at radius 1 is 1.14 bits per heavy atom. The van der Waals surface area contributed by atoms with E-state index in [4.69, 9.17) is 0 Å². The SMILES string of the molecule is C=C.C=Cc1ccccc1.CC(C)=O. The first-order valence-electron chi connectivity index (χ1n) is 4.31. The third kappa shape index (κ3) is 13.0. The van der Waals surface area contributed by atoms with Gasteiger partial charge in [0.2, 0.25) is 0 Å². The topological polar surface area (TPSA) is 17.1 Å². The summed E-state index contributed by atoms with van der Waals surface area (Å²) in [6.45, 7) is 12.7. The minimum Gasteiger partial charge on any atom is -0.300 e. The van der Waals surface area contributed by atoms with Crippen molar-refractivity contribution in [2.45, 2.75) is 13.8 Å². The third-order valence-corrected chi connectivity index (χ3v) is 1.04. The smallest absolute Gasteiger partial charge is 0.126 e. The molecule has 1 nitrogen and oxygen atoms in total. The van der Waals surface area contributed by atoms with E-state index in [9.17, 15) is 4.79 Å². The van der Waals surface area contributed by atoms with E-state index < -0.39 is 0 Å². The van der Waals surface area contributed by atoms with Crippen molar-refractivity contribution in [2.24, 2.45) is 0 Å². The number of carbonyl (C=O) groups excluding carboxylic acids is 1. The molecule has 0 amide bonds. The van der Waals surface area contributed by atoms with Gasteiger partial charge in [-0.05, 0) is 19.4 Å². The first-order chi connectivity index (χ1) is 6.66. The summed E-state index contributed by atoms with van der Waals surface area (Å²) in [5.41, 5.74) is 1.17. The fraction of sp³-hybridized carbons (Fsp3) is 0.154. The second-order valence-corrected chi connectivity index (χ2v) is 2.52. The Kier molecular flexibility index (Phi) is 12.1. The molecule has 14 heavy (non-hydrogen) atoms. The van der Waals surface area contributed by atoms with Crippen molar-refractivity contribution < 1.29 is 4.79 Å². The van der Waals surface area contributed by atoms with E-state index >= 15 is 0 Å². The predicted octanol–water partition coefficient (Wildman–Crippen LogP) is 3.73. The molecule has 0 unspecified atom stereocenters. The van der Waals surface area contributed by atoms with Crippen LogP contribution in [-0.4, -0.2) is 5.78 Å². The number of Topliss-reactive ketones (excluding diaryl/α,β-unsaturated/α-hetero) is 1. The van der Waals surface area contributed by atoms with Gasteiger partial charge in [0.05, 0.1) is 0 Å². The van der Waals surface area contributed by atoms with Crippen LogP contribution in [-0.2, 0) is 4.79 Å². The van der Waals surface area contributed by atoms with Crippen molar-refractivity contribution >= 4 is 11.9 Å². The van der Waals surface area contributed by atoms with E-state index in [1.165, 1.54) is 19.4 Å². The molecule has 1 aromatic carbocycles. The molecule has 0 spiro atoms. The Hall–Kier alpha value is -1.63. The highest BCUT2D eigenvalue weighted by Gasteiger charge is 1.75. The number of rotatable bonds is 1. The molecule has 0 bridgehead atoms. The summed E-state index contributed by atoms with van der Waals surface area (Å²) in [6, 6.07) is 10.0. The molecule has 0 fully saturated rings. The van der Waals surface area contributed by atoms with Gasteiger partial charge in [-0.3, -0.25) is 0 Å². The molecule has 0 atom stereocenters. The van der Waals surface area contributed by atoms with Crippen LogP contribution in [0.25, 0.3) is 6.08 Å². The molecule has 0 aliphatic carbocycles. The number of ketones is 1. The zero-order valence-electron chi connectivity index (χ0n) is 8.99. The zero-order chi connectivity index (χ0) is 11.4. The molecule has 0 heterocycles. The van der Waals surface area contributed by atoms with Gasteiger partial charge in [-0.2, -0.15) is 0 Å². The van der Waals surface area contributed by atoms with Crippen molar-refractivity contribution in [3.63, 3.8) is 0 Å². The Morgan fingerprint density at radius 3 is 1.71 bits per heavy atom. The Labute approximate surface area is 86.8 Å². The molecule has 0 aromatic heterocycles. The van der Waals surface area contributed by atoms with Crippen LogP contribution in [0.15, 0.2) is 50.1 Å². The van der Waals surface area contributed by atoms with Crippen LogP contribution in [0, 0.1) is 0 Å². The van der Waals surface area contributed by atoms with Gasteiger partial charge in [-0.15, -0.1) is 13.2 Å². The standard InChI is InChI=1S/C8H8.C3H6O.C2H4/c1-2-8-6-4-3-5-7-8;1-3(2)4;1-2/h2-7H,1H2;1-2H3;1-2H2. The minimum absolute atomic E-state index is 0.167. The number of hydrogen-bond acceptors (Lipinski definition) is 1. The van der Waals surface area contributed by atoms with Crippen LogP contribution in [0.3, 0.4) is 0 Å². The van der Waals surface area contributed by atoms with Crippen LogP contribution >= 0.6 is 0 Å². The number of benzene rings is 1. The van der Waals surface area contributed by atoms with Gasteiger partial charge >= 0.3 is 0 Å². The van der Waals surface area contributed by atoms with E-state index in [0.717, 1.165) is 0 Å². The average molecular weight is 190 g/mol. The molecule has 0 saturated carbocycles. The van der Waals surface area contributed by atoms with Gasteiger partial charge in [-0.25, -0.2) is 0 Å². The van der Waals surface area contributed by atoms with E-state index in [1.807, 2.05) is 36.4 Å². The summed E-state index contributed by atoms with van der Waals surface area (Å²) in [4.78, 5) is 9.44. The molecule has 0 aliphatic heterocycles. The van der Waals surface area contributed by atoms with Gasteiger partial charge in [0, 0.05) is 0 Å². The maximum absolute atomic E-state index is 9.44. The first kappa shape index (κ1) is 14.9. The van der Waals surface area contributed by atoms with Crippen molar-refractivity contribution in [3.8, 4) is 0 Å². The van der Waals surface area contributed by atoms with Crippen molar-refractivity contribution in [1.82, 2.24) is 0 Å². The maximum atomic E-state index is 9.44. The fourth-order valence-electron chi connectivity index (χ4n) is 0.589. The van der Waals surface area contributed by atoms with Gasteiger partial charge < -0.3 is 4.79 Å². The third-order valence-electron chi connectivity index (χ3n) is 1.04. The molecule has 1 heteroatoms. The van der Waals surface area contributed by atoms with Gasteiger partial charge in [0.1, 0.15) is 5.78 Å². The van der Waals surface area contributed by atoms with E-state index in [-0.39, 0.29) is 5.78 Å². The van der Waals surface area contributed by atoms with Gasteiger partial charge in [0.25, 0.3) is 0 Å². The highest BCUT2D eigenvalue weighted by molar-refractivity contribution is 5.72. The summed E-state index contributed by atoms with van der Waals surface area (Å²) in [7, 11) is 0. The van der Waals surface area contributed by atoms with Crippen LogP contribution < -0.4 is 0 Å². The summed E-state index contributed by atoms with van der Waals surface area (Å²) in [5, 5.41) is 0. The summed E-state index contributed by atoms with van der Waals surface area (Å²) >= 11 is 0. The quantitative estimate of drug-likeness (QED) is 0.617. The summed E-state index contributed by atoms with van der Waals surface area (Å²) in [6.07, 6.45) is 1.83. The Balaban J connectivity index is 0. The largest absolute Gasteiger partial charge is 0.300 e. The fourth-order valence-corrected chi connectivity index (χ4v) is 0.589. The molecular weight excluding hydrogens is 172 g/mol.